The topological polar surface area (TPSA) is 70.4 Å². The molecule has 0 spiro atoms. The molecule has 4 bridgehead atoms. The number of carbonyl (C=O) groups is 1. The lowest BCUT2D eigenvalue weighted by molar-refractivity contribution is -0.238. The van der Waals surface area contributed by atoms with E-state index in [1.165, 1.54) is 6.21 Å². The van der Waals surface area contributed by atoms with Gasteiger partial charge in [-0.05, 0) is 58.3 Å². The van der Waals surface area contributed by atoms with Crippen LogP contribution < -0.4 is 0 Å². The lowest BCUT2D eigenvalue weighted by Gasteiger charge is -2.62. The molecule has 4 fully saturated rings. The minimum absolute atomic E-state index is 0.268. The van der Waals surface area contributed by atoms with E-state index in [0.29, 0.717) is 12.3 Å². The van der Waals surface area contributed by atoms with Crippen LogP contribution in [0.15, 0.2) is 0 Å². The first-order valence-electron chi connectivity index (χ1n) is 8.22. The highest BCUT2D eigenvalue weighted by Crippen LogP contribution is 2.61. The molecule has 0 aliphatic heterocycles. The van der Waals surface area contributed by atoms with Gasteiger partial charge in [-0.25, -0.2) is 0 Å². The van der Waals surface area contributed by atoms with Gasteiger partial charge in [-0.1, -0.05) is 6.92 Å². The van der Waals surface area contributed by atoms with Crippen LogP contribution in [0.25, 0.3) is 0 Å². The molecule has 4 rings (SSSR count). The summed E-state index contributed by atoms with van der Waals surface area (Å²) in [5, 5.41) is 18.2. The van der Waals surface area contributed by atoms with Crippen LogP contribution in [0.2, 0.25) is 0 Å². The van der Waals surface area contributed by atoms with Crippen LogP contribution in [-0.2, 0) is 9.53 Å². The van der Waals surface area contributed by atoms with Crippen LogP contribution in [0.5, 0.6) is 0 Å². The highest BCUT2D eigenvalue weighted by Gasteiger charge is 2.62. The molecule has 0 heterocycles. The maximum atomic E-state index is 12.6. The predicted octanol–water partition coefficient (Wildman–Crippen LogP) is 2.93. The van der Waals surface area contributed by atoms with E-state index in [9.17, 15) is 9.90 Å². The largest absolute Gasteiger partial charge is 0.458 e. The molecule has 4 heteroatoms. The van der Waals surface area contributed by atoms with Gasteiger partial charge in [-0.15, -0.1) is 0 Å². The van der Waals surface area contributed by atoms with Gasteiger partial charge in [0.05, 0.1) is 11.0 Å². The Morgan fingerprint density at radius 1 is 1.38 bits per heavy atom. The van der Waals surface area contributed by atoms with Gasteiger partial charge in [0.2, 0.25) is 0 Å². The fourth-order valence-corrected chi connectivity index (χ4v) is 4.93. The number of carbonyl (C=O) groups excluding carboxylic acids is 1. The van der Waals surface area contributed by atoms with E-state index in [4.69, 9.17) is 10.1 Å². The van der Waals surface area contributed by atoms with E-state index < -0.39 is 16.6 Å². The minimum atomic E-state index is -0.825. The fourth-order valence-electron chi connectivity index (χ4n) is 4.93. The first-order valence-corrected chi connectivity index (χ1v) is 8.22. The zero-order valence-electron chi connectivity index (χ0n) is 13.3. The summed E-state index contributed by atoms with van der Waals surface area (Å²) in [6.07, 6.45) is 6.37. The summed E-state index contributed by atoms with van der Waals surface area (Å²) in [6.45, 7) is 5.74. The van der Waals surface area contributed by atoms with Crippen LogP contribution in [0.3, 0.4) is 0 Å². The van der Waals surface area contributed by atoms with Crippen molar-refractivity contribution in [1.82, 2.24) is 0 Å². The first kappa shape index (κ1) is 15.0. The number of ether oxygens (including phenoxy) is 1. The normalized spacial score (nSPS) is 47.0. The molecule has 2 N–H and O–H groups in total. The van der Waals surface area contributed by atoms with E-state index in [0.717, 1.165) is 32.1 Å². The second kappa shape index (κ2) is 4.55. The van der Waals surface area contributed by atoms with Crippen molar-refractivity contribution in [2.75, 3.05) is 0 Å². The molecule has 118 valence electrons. The Hall–Kier alpha value is -0.900. The average molecular weight is 293 g/mol. The van der Waals surface area contributed by atoms with Crippen molar-refractivity contribution in [2.45, 2.75) is 70.5 Å². The Labute approximate surface area is 126 Å². The van der Waals surface area contributed by atoms with Gasteiger partial charge in [-0.3, -0.25) is 4.79 Å². The molecule has 0 radical (unpaired) electrons. The number of esters is 1. The molecule has 4 aliphatic carbocycles. The molecule has 4 unspecified atom stereocenters. The molecule has 0 aromatic carbocycles. The van der Waals surface area contributed by atoms with Crippen LogP contribution in [0.4, 0.5) is 0 Å². The van der Waals surface area contributed by atoms with Gasteiger partial charge in [0.15, 0.2) is 0 Å². The van der Waals surface area contributed by atoms with Gasteiger partial charge in [0.25, 0.3) is 0 Å². The van der Waals surface area contributed by atoms with Crippen molar-refractivity contribution in [3.05, 3.63) is 0 Å². The number of aliphatic hydroxyl groups is 1. The highest BCUT2D eigenvalue weighted by molar-refractivity contribution is 5.93. The molecule has 0 aromatic rings. The Balaban J connectivity index is 1.82. The standard InChI is InChI=1S/C17H27NO3/c1-4-15(2,10-18)14(19)21-16(3)12-5-11-6-13(16)9-17(20,7-11)8-12/h10-13,18,20H,4-9H2,1-3H3/t11-,12+,13?,15?,16?,17?/m0/s1. The summed E-state index contributed by atoms with van der Waals surface area (Å²) in [4.78, 5) is 12.6. The third-order valence-electron chi connectivity index (χ3n) is 6.61. The first-order chi connectivity index (χ1) is 9.74. The molecule has 6 atom stereocenters. The summed E-state index contributed by atoms with van der Waals surface area (Å²) >= 11 is 0. The molecule has 4 saturated carbocycles. The maximum Gasteiger partial charge on any atom is 0.317 e. The smallest absolute Gasteiger partial charge is 0.317 e. The van der Waals surface area contributed by atoms with Crippen LogP contribution >= 0.6 is 0 Å². The van der Waals surface area contributed by atoms with Crippen molar-refractivity contribution in [3.8, 4) is 0 Å². The summed E-state index contributed by atoms with van der Waals surface area (Å²) < 4.78 is 6.01. The fraction of sp³-hybridized carbons (Fsp3) is 0.882. The van der Waals surface area contributed by atoms with Crippen LogP contribution in [-0.4, -0.2) is 28.5 Å². The van der Waals surface area contributed by atoms with Crippen molar-refractivity contribution in [3.63, 3.8) is 0 Å². The molecular formula is C17H27NO3. The summed E-state index contributed by atoms with van der Waals surface area (Å²) in [5.74, 6) is 0.857. The van der Waals surface area contributed by atoms with Gasteiger partial charge < -0.3 is 15.3 Å². The predicted molar refractivity (Wildman–Crippen MR) is 80.2 cm³/mol. The van der Waals surface area contributed by atoms with E-state index in [1.54, 1.807) is 6.92 Å². The minimum Gasteiger partial charge on any atom is -0.458 e. The van der Waals surface area contributed by atoms with Gasteiger partial charge in [0.1, 0.15) is 5.60 Å². The highest BCUT2D eigenvalue weighted by atomic mass is 16.6. The molecular weight excluding hydrogens is 266 g/mol. The van der Waals surface area contributed by atoms with Crippen LogP contribution in [0, 0.1) is 28.6 Å². The molecule has 0 aromatic heterocycles. The third kappa shape index (κ3) is 2.14. The zero-order valence-corrected chi connectivity index (χ0v) is 13.3. The maximum absolute atomic E-state index is 12.6. The van der Waals surface area contributed by atoms with Crippen molar-refractivity contribution < 1.29 is 14.6 Å². The molecule has 0 amide bonds. The monoisotopic (exact) mass is 293 g/mol. The zero-order chi connectivity index (χ0) is 15.5. The Kier molecular flexibility index (Phi) is 3.25. The Morgan fingerprint density at radius 3 is 2.38 bits per heavy atom. The molecule has 4 nitrogen and oxygen atoms in total. The van der Waals surface area contributed by atoms with E-state index in [2.05, 4.69) is 6.92 Å². The molecule has 0 saturated heterocycles. The lowest BCUT2D eigenvalue weighted by Crippen LogP contribution is -2.64. The van der Waals surface area contributed by atoms with Gasteiger partial charge in [0, 0.05) is 18.1 Å². The van der Waals surface area contributed by atoms with Crippen molar-refractivity contribution >= 4 is 12.2 Å². The molecule has 4 aliphatic rings. The lowest BCUT2D eigenvalue weighted by atomic mass is 9.48. The van der Waals surface area contributed by atoms with E-state index in [1.807, 2.05) is 6.92 Å². The summed E-state index contributed by atoms with van der Waals surface area (Å²) in [5.41, 5.74) is -1.80. The Morgan fingerprint density at radius 2 is 1.95 bits per heavy atom. The van der Waals surface area contributed by atoms with Gasteiger partial charge >= 0.3 is 5.97 Å². The van der Waals surface area contributed by atoms with E-state index in [-0.39, 0.29) is 17.8 Å². The number of rotatable bonds is 4. The second-order valence-corrected chi connectivity index (χ2v) is 8.06. The average Bonchev–Trinajstić information content (AvgIpc) is 2.42. The molecule has 21 heavy (non-hydrogen) atoms. The van der Waals surface area contributed by atoms with Crippen molar-refractivity contribution in [2.24, 2.45) is 23.2 Å². The van der Waals surface area contributed by atoms with E-state index >= 15 is 0 Å². The summed E-state index contributed by atoms with van der Waals surface area (Å²) in [6, 6.07) is 0. The second-order valence-electron chi connectivity index (χ2n) is 8.06. The van der Waals surface area contributed by atoms with Crippen LogP contribution in [0.1, 0.15) is 59.3 Å². The third-order valence-corrected chi connectivity index (χ3v) is 6.61. The summed E-state index contributed by atoms with van der Waals surface area (Å²) in [7, 11) is 0. The number of hydrogen-bond acceptors (Lipinski definition) is 4. The number of hydrogen-bond donors (Lipinski definition) is 2. The van der Waals surface area contributed by atoms with Crippen molar-refractivity contribution in [1.29, 1.82) is 5.41 Å². The quantitative estimate of drug-likeness (QED) is 0.618. The van der Waals surface area contributed by atoms with Gasteiger partial charge in [-0.2, -0.15) is 0 Å². The number of nitrogens with one attached hydrogen (secondary N) is 1. The Bertz CT molecular complexity index is 459. The SMILES string of the molecule is CCC(C)(C=N)C(=O)OC1(C)C2C[C@@H]3C[C@@H]1CC(O)(C2)C3.